The fourth-order valence-electron chi connectivity index (χ4n) is 2.12. The van der Waals surface area contributed by atoms with E-state index in [1.165, 1.54) is 12.1 Å². The standard InChI is InChI=1S/C17H20F2N4O/c1-3-4-5-8-20-17-21-11(2)9-15(23-17)16(24)22-14-7-6-12(18)10-13(14)19/h6-7,9-10H,3-5,8H2,1-2H3,(H,22,24)(H,20,21,23). The van der Waals surface area contributed by atoms with Crippen molar-refractivity contribution in [3.8, 4) is 0 Å². The highest BCUT2D eigenvalue weighted by Gasteiger charge is 2.13. The molecule has 24 heavy (non-hydrogen) atoms. The van der Waals surface area contributed by atoms with Gasteiger partial charge in [0, 0.05) is 18.3 Å². The van der Waals surface area contributed by atoms with Crippen LogP contribution >= 0.6 is 0 Å². The Morgan fingerprint density at radius 3 is 2.67 bits per heavy atom. The van der Waals surface area contributed by atoms with Crippen LogP contribution in [0, 0.1) is 18.6 Å². The molecule has 0 aliphatic heterocycles. The van der Waals surface area contributed by atoms with Gasteiger partial charge in [-0.3, -0.25) is 4.79 Å². The number of aryl methyl sites for hydroxylation is 1. The summed E-state index contributed by atoms with van der Waals surface area (Å²) < 4.78 is 26.5. The molecule has 2 N–H and O–H groups in total. The second-order valence-corrected chi connectivity index (χ2v) is 5.43. The van der Waals surface area contributed by atoms with E-state index < -0.39 is 17.5 Å². The van der Waals surface area contributed by atoms with Crippen molar-refractivity contribution in [1.29, 1.82) is 0 Å². The van der Waals surface area contributed by atoms with Gasteiger partial charge in [0.15, 0.2) is 0 Å². The smallest absolute Gasteiger partial charge is 0.274 e. The Balaban J connectivity index is 2.09. The molecule has 0 unspecified atom stereocenters. The Labute approximate surface area is 139 Å². The lowest BCUT2D eigenvalue weighted by Crippen LogP contribution is -2.17. The summed E-state index contributed by atoms with van der Waals surface area (Å²) in [6.45, 7) is 4.57. The number of rotatable bonds is 7. The van der Waals surface area contributed by atoms with Gasteiger partial charge in [-0.2, -0.15) is 0 Å². The SMILES string of the molecule is CCCCCNc1nc(C)cc(C(=O)Nc2ccc(F)cc2F)n1. The van der Waals surface area contributed by atoms with E-state index in [0.717, 1.165) is 25.3 Å². The number of carbonyl (C=O) groups excluding carboxylic acids is 1. The molecule has 0 saturated heterocycles. The Morgan fingerprint density at radius 1 is 1.17 bits per heavy atom. The van der Waals surface area contributed by atoms with Crippen molar-refractivity contribution in [2.45, 2.75) is 33.1 Å². The van der Waals surface area contributed by atoms with E-state index >= 15 is 0 Å². The van der Waals surface area contributed by atoms with Crippen molar-refractivity contribution in [1.82, 2.24) is 9.97 Å². The molecule has 128 valence electrons. The summed E-state index contributed by atoms with van der Waals surface area (Å²) in [7, 11) is 0. The van der Waals surface area contributed by atoms with Crippen LogP contribution in [0.4, 0.5) is 20.4 Å². The Kier molecular flexibility index (Phi) is 6.17. The number of aromatic nitrogens is 2. The number of anilines is 2. The minimum absolute atomic E-state index is 0.102. The zero-order valence-corrected chi connectivity index (χ0v) is 13.7. The molecule has 7 heteroatoms. The van der Waals surface area contributed by atoms with E-state index in [2.05, 4.69) is 27.5 Å². The van der Waals surface area contributed by atoms with Gasteiger partial charge >= 0.3 is 0 Å². The van der Waals surface area contributed by atoms with Gasteiger partial charge in [-0.05, 0) is 31.5 Å². The predicted molar refractivity (Wildman–Crippen MR) is 89.1 cm³/mol. The maximum Gasteiger partial charge on any atom is 0.274 e. The zero-order valence-electron chi connectivity index (χ0n) is 13.7. The fourth-order valence-corrected chi connectivity index (χ4v) is 2.12. The van der Waals surface area contributed by atoms with Crippen molar-refractivity contribution in [2.75, 3.05) is 17.2 Å². The highest BCUT2D eigenvalue weighted by atomic mass is 19.1. The molecule has 0 aliphatic rings. The van der Waals surface area contributed by atoms with Gasteiger partial charge in [0.25, 0.3) is 5.91 Å². The zero-order chi connectivity index (χ0) is 17.5. The summed E-state index contributed by atoms with van der Waals surface area (Å²) in [4.78, 5) is 20.6. The van der Waals surface area contributed by atoms with Crippen molar-refractivity contribution in [3.05, 3.63) is 47.3 Å². The average molecular weight is 334 g/mol. The topological polar surface area (TPSA) is 66.9 Å². The maximum absolute atomic E-state index is 13.6. The van der Waals surface area contributed by atoms with Crippen LogP contribution in [0.5, 0.6) is 0 Å². The Morgan fingerprint density at radius 2 is 1.96 bits per heavy atom. The molecule has 1 heterocycles. The van der Waals surface area contributed by atoms with Gasteiger partial charge in [0.05, 0.1) is 5.69 Å². The van der Waals surface area contributed by atoms with E-state index in [4.69, 9.17) is 0 Å². The quantitative estimate of drug-likeness (QED) is 0.753. The van der Waals surface area contributed by atoms with E-state index in [9.17, 15) is 13.6 Å². The predicted octanol–water partition coefficient (Wildman–Crippen LogP) is 3.92. The molecule has 1 aromatic heterocycles. The summed E-state index contributed by atoms with van der Waals surface area (Å²) in [6, 6.07) is 4.46. The van der Waals surface area contributed by atoms with Crippen LogP contribution < -0.4 is 10.6 Å². The summed E-state index contributed by atoms with van der Waals surface area (Å²) in [6.07, 6.45) is 3.18. The summed E-state index contributed by atoms with van der Waals surface area (Å²) >= 11 is 0. The highest BCUT2D eigenvalue weighted by molar-refractivity contribution is 6.03. The molecule has 5 nitrogen and oxygen atoms in total. The molecule has 0 atom stereocenters. The van der Waals surface area contributed by atoms with Crippen molar-refractivity contribution < 1.29 is 13.6 Å². The first-order valence-electron chi connectivity index (χ1n) is 7.85. The van der Waals surface area contributed by atoms with Crippen LogP contribution in [0.15, 0.2) is 24.3 Å². The third-order valence-corrected chi connectivity index (χ3v) is 3.33. The normalized spacial score (nSPS) is 10.5. The number of unbranched alkanes of at least 4 members (excludes halogenated alkanes) is 2. The molecule has 1 aromatic carbocycles. The number of hydrogen-bond acceptors (Lipinski definition) is 4. The maximum atomic E-state index is 13.6. The van der Waals surface area contributed by atoms with Crippen molar-refractivity contribution in [2.24, 2.45) is 0 Å². The van der Waals surface area contributed by atoms with Crippen LogP contribution in [-0.4, -0.2) is 22.4 Å². The van der Waals surface area contributed by atoms with Crippen molar-refractivity contribution >= 4 is 17.5 Å². The van der Waals surface area contributed by atoms with Crippen LogP contribution in [0.1, 0.15) is 42.4 Å². The lowest BCUT2D eigenvalue weighted by molar-refractivity contribution is 0.102. The molecule has 0 radical (unpaired) electrons. The van der Waals surface area contributed by atoms with Crippen LogP contribution in [-0.2, 0) is 0 Å². The fraction of sp³-hybridized carbons (Fsp3) is 0.353. The first-order chi connectivity index (χ1) is 11.5. The molecule has 0 aliphatic carbocycles. The molecule has 0 bridgehead atoms. The number of amides is 1. The molecule has 2 rings (SSSR count). The van der Waals surface area contributed by atoms with Crippen LogP contribution in [0.2, 0.25) is 0 Å². The second kappa shape index (κ2) is 8.33. The third-order valence-electron chi connectivity index (χ3n) is 3.33. The van der Waals surface area contributed by atoms with Crippen LogP contribution in [0.3, 0.4) is 0 Å². The minimum Gasteiger partial charge on any atom is -0.354 e. The third kappa shape index (κ3) is 4.97. The average Bonchev–Trinajstić information content (AvgIpc) is 2.53. The number of halogens is 2. The summed E-state index contributed by atoms with van der Waals surface area (Å²) in [5.74, 6) is -1.77. The van der Waals surface area contributed by atoms with E-state index in [-0.39, 0.29) is 11.4 Å². The first-order valence-corrected chi connectivity index (χ1v) is 7.85. The minimum atomic E-state index is -0.841. The monoisotopic (exact) mass is 334 g/mol. The molecule has 1 amide bonds. The largest absolute Gasteiger partial charge is 0.354 e. The molecule has 2 aromatic rings. The van der Waals surface area contributed by atoms with Crippen molar-refractivity contribution in [3.63, 3.8) is 0 Å². The molecule has 0 saturated carbocycles. The summed E-state index contributed by atoms with van der Waals surface area (Å²) in [5, 5.41) is 5.46. The van der Waals surface area contributed by atoms with Gasteiger partial charge in [0.2, 0.25) is 5.95 Å². The van der Waals surface area contributed by atoms with Gasteiger partial charge in [0.1, 0.15) is 17.3 Å². The lowest BCUT2D eigenvalue weighted by Gasteiger charge is -2.09. The Bertz CT molecular complexity index is 722. The van der Waals surface area contributed by atoms with E-state index in [1.807, 2.05) is 0 Å². The van der Waals surface area contributed by atoms with E-state index in [0.29, 0.717) is 24.3 Å². The number of carbonyl (C=O) groups is 1. The van der Waals surface area contributed by atoms with Gasteiger partial charge in [-0.15, -0.1) is 0 Å². The van der Waals surface area contributed by atoms with Crippen LogP contribution in [0.25, 0.3) is 0 Å². The van der Waals surface area contributed by atoms with E-state index in [1.54, 1.807) is 6.92 Å². The molecule has 0 fully saturated rings. The number of hydrogen-bond donors (Lipinski definition) is 2. The molecule has 0 spiro atoms. The number of nitrogens with zero attached hydrogens (tertiary/aromatic N) is 2. The first kappa shape index (κ1) is 17.8. The van der Waals surface area contributed by atoms with Gasteiger partial charge < -0.3 is 10.6 Å². The summed E-state index contributed by atoms with van der Waals surface area (Å²) in [5.41, 5.74) is 0.632. The number of nitrogens with one attached hydrogen (secondary N) is 2. The second-order valence-electron chi connectivity index (χ2n) is 5.43. The molecular weight excluding hydrogens is 314 g/mol. The number of benzene rings is 1. The van der Waals surface area contributed by atoms with Gasteiger partial charge in [-0.1, -0.05) is 19.8 Å². The Hall–Kier alpha value is -2.57. The highest BCUT2D eigenvalue weighted by Crippen LogP contribution is 2.16. The lowest BCUT2D eigenvalue weighted by atomic mass is 10.2. The molecular formula is C17H20F2N4O. The van der Waals surface area contributed by atoms with Gasteiger partial charge in [-0.25, -0.2) is 18.7 Å².